The van der Waals surface area contributed by atoms with Crippen molar-refractivity contribution in [2.45, 2.75) is 32.5 Å². The van der Waals surface area contributed by atoms with Crippen LogP contribution in [0, 0.1) is 0 Å². The van der Waals surface area contributed by atoms with Crippen molar-refractivity contribution in [1.82, 2.24) is 10.3 Å². The molecule has 33 heavy (non-hydrogen) atoms. The molecule has 4 rings (SSSR count). The van der Waals surface area contributed by atoms with Gasteiger partial charge in [0.15, 0.2) is 5.78 Å². The average molecular weight is 472 g/mol. The van der Waals surface area contributed by atoms with Crippen LogP contribution in [0.25, 0.3) is 10.2 Å². The molecule has 0 amide bonds. The molecule has 0 spiro atoms. The summed E-state index contributed by atoms with van der Waals surface area (Å²) in [7, 11) is 0. The molecule has 1 aromatic carbocycles. The Hall–Kier alpha value is -3.46. The van der Waals surface area contributed by atoms with Gasteiger partial charge in [-0.1, -0.05) is 36.4 Å². The summed E-state index contributed by atoms with van der Waals surface area (Å²) in [5.41, 5.74) is -0.707. The number of aromatic nitrogens is 1. The smallest absolute Gasteiger partial charge is 0.431 e. The van der Waals surface area contributed by atoms with Gasteiger partial charge >= 0.3 is 12.1 Å². The number of hydrogen-bond acceptors (Lipinski definition) is 6. The number of fused-ring (bicyclic) bond motifs is 1. The number of pyridine rings is 1. The van der Waals surface area contributed by atoms with Crippen LogP contribution in [0.1, 0.15) is 30.9 Å². The van der Waals surface area contributed by atoms with Crippen LogP contribution < -0.4 is 5.32 Å². The predicted octanol–water partition coefficient (Wildman–Crippen LogP) is 5.41. The SMILES string of the molecule is CC(=O)C1=C(C)NC(C(F)(F)F)=C(C(=O)OCc2ccccc2)C1c1csc2ncccc12. The Morgan fingerprint density at radius 1 is 1.12 bits per heavy atom. The molecular weight excluding hydrogens is 453 g/mol. The number of carbonyl (C=O) groups excluding carboxylic acids is 2. The van der Waals surface area contributed by atoms with Crippen molar-refractivity contribution >= 4 is 33.3 Å². The third kappa shape index (κ3) is 4.41. The van der Waals surface area contributed by atoms with Gasteiger partial charge in [-0.15, -0.1) is 11.3 Å². The van der Waals surface area contributed by atoms with Gasteiger partial charge in [0.25, 0.3) is 0 Å². The maximum absolute atomic E-state index is 14.1. The number of esters is 1. The summed E-state index contributed by atoms with van der Waals surface area (Å²) in [5.74, 6) is -2.83. The number of ether oxygens (including phenoxy) is 1. The van der Waals surface area contributed by atoms with Gasteiger partial charge in [-0.25, -0.2) is 9.78 Å². The van der Waals surface area contributed by atoms with Crippen LogP contribution in [0.5, 0.6) is 0 Å². The monoisotopic (exact) mass is 472 g/mol. The number of Topliss-reactive ketones (excluding diaryl/α,β-unsaturated/α-hetero) is 1. The van der Waals surface area contributed by atoms with Crippen LogP contribution in [-0.2, 0) is 20.9 Å². The van der Waals surface area contributed by atoms with Crippen molar-refractivity contribution in [3.63, 3.8) is 0 Å². The highest BCUT2D eigenvalue weighted by molar-refractivity contribution is 7.16. The second-order valence-electron chi connectivity index (χ2n) is 7.55. The lowest BCUT2D eigenvalue weighted by molar-refractivity contribution is -0.142. The van der Waals surface area contributed by atoms with E-state index in [1.807, 2.05) is 0 Å². The summed E-state index contributed by atoms with van der Waals surface area (Å²) < 4.78 is 47.6. The molecule has 0 aliphatic carbocycles. The Labute approximate surface area is 191 Å². The van der Waals surface area contributed by atoms with Crippen molar-refractivity contribution < 1.29 is 27.5 Å². The highest BCUT2D eigenvalue weighted by Crippen LogP contribution is 2.46. The number of nitrogens with one attached hydrogen (secondary N) is 1. The van der Waals surface area contributed by atoms with Crippen LogP contribution in [-0.4, -0.2) is 22.9 Å². The second kappa shape index (κ2) is 8.82. The molecule has 0 saturated carbocycles. The summed E-state index contributed by atoms with van der Waals surface area (Å²) in [4.78, 5) is 30.6. The topological polar surface area (TPSA) is 68.3 Å². The highest BCUT2D eigenvalue weighted by Gasteiger charge is 2.47. The standard InChI is InChI=1S/C24H19F3N2O3S/c1-13-18(14(2)30)19(17-12-33-22-16(17)9-6-10-28-22)20(21(29-13)24(25,26)27)23(31)32-11-15-7-4-3-5-8-15/h3-10,12,19,29H,11H2,1-2H3. The molecule has 170 valence electrons. The van der Waals surface area contributed by atoms with Gasteiger partial charge in [0.2, 0.25) is 0 Å². The third-order valence-electron chi connectivity index (χ3n) is 5.35. The van der Waals surface area contributed by atoms with E-state index in [4.69, 9.17) is 4.74 Å². The van der Waals surface area contributed by atoms with E-state index in [1.54, 1.807) is 54.0 Å². The largest absolute Gasteiger partial charge is 0.457 e. The predicted molar refractivity (Wildman–Crippen MR) is 118 cm³/mol. The fourth-order valence-corrected chi connectivity index (χ4v) is 4.90. The Balaban J connectivity index is 1.88. The van der Waals surface area contributed by atoms with E-state index >= 15 is 0 Å². The quantitative estimate of drug-likeness (QED) is 0.503. The minimum atomic E-state index is -4.87. The number of allylic oxidation sites excluding steroid dienone is 3. The Bertz CT molecular complexity index is 1290. The molecule has 0 bridgehead atoms. The van der Waals surface area contributed by atoms with Crippen molar-refractivity contribution in [3.05, 3.63) is 87.7 Å². The van der Waals surface area contributed by atoms with E-state index in [0.29, 0.717) is 21.3 Å². The summed E-state index contributed by atoms with van der Waals surface area (Å²) in [6, 6.07) is 12.0. The van der Waals surface area contributed by atoms with Gasteiger partial charge in [-0.05, 0) is 36.4 Å². The minimum Gasteiger partial charge on any atom is -0.457 e. The normalized spacial score (nSPS) is 16.7. The van der Waals surface area contributed by atoms with Crippen LogP contribution in [0.2, 0.25) is 0 Å². The fourth-order valence-electron chi connectivity index (χ4n) is 3.96. The lowest BCUT2D eigenvalue weighted by Crippen LogP contribution is -2.37. The Kier molecular flexibility index (Phi) is 6.07. The number of rotatable bonds is 5. The van der Waals surface area contributed by atoms with E-state index in [1.165, 1.54) is 25.2 Å². The summed E-state index contributed by atoms with van der Waals surface area (Å²) in [5, 5.41) is 4.48. The molecule has 3 heterocycles. The molecule has 1 unspecified atom stereocenters. The summed E-state index contributed by atoms with van der Waals surface area (Å²) >= 11 is 1.23. The van der Waals surface area contributed by atoms with E-state index in [-0.39, 0.29) is 17.9 Å². The minimum absolute atomic E-state index is 0.0441. The maximum atomic E-state index is 14.1. The summed E-state index contributed by atoms with van der Waals surface area (Å²) in [6.07, 6.45) is -3.29. The van der Waals surface area contributed by atoms with Crippen LogP contribution >= 0.6 is 11.3 Å². The van der Waals surface area contributed by atoms with Gasteiger partial charge in [-0.3, -0.25) is 4.79 Å². The molecule has 0 saturated heterocycles. The first-order valence-corrected chi connectivity index (χ1v) is 10.9. The molecule has 0 radical (unpaired) electrons. The van der Waals surface area contributed by atoms with Crippen LogP contribution in [0.4, 0.5) is 13.2 Å². The van der Waals surface area contributed by atoms with Gasteiger partial charge in [0, 0.05) is 28.8 Å². The molecule has 1 aliphatic heterocycles. The molecule has 1 aliphatic rings. The molecular formula is C24H19F3N2O3S. The van der Waals surface area contributed by atoms with Crippen LogP contribution in [0.3, 0.4) is 0 Å². The molecule has 3 aromatic rings. The van der Waals surface area contributed by atoms with E-state index < -0.39 is 35.1 Å². The maximum Gasteiger partial charge on any atom is 0.431 e. The lowest BCUT2D eigenvalue weighted by Gasteiger charge is -2.32. The van der Waals surface area contributed by atoms with Gasteiger partial charge in [-0.2, -0.15) is 13.2 Å². The zero-order valence-electron chi connectivity index (χ0n) is 17.7. The van der Waals surface area contributed by atoms with Crippen molar-refractivity contribution in [2.24, 2.45) is 0 Å². The Morgan fingerprint density at radius 2 is 1.85 bits per heavy atom. The molecule has 1 N–H and O–H groups in total. The van der Waals surface area contributed by atoms with Gasteiger partial charge in [0.1, 0.15) is 17.1 Å². The van der Waals surface area contributed by atoms with Crippen molar-refractivity contribution in [2.75, 3.05) is 0 Å². The first kappa shape index (κ1) is 22.7. The number of benzene rings is 1. The van der Waals surface area contributed by atoms with Crippen molar-refractivity contribution in [3.8, 4) is 0 Å². The number of carbonyl (C=O) groups is 2. The first-order valence-electron chi connectivity index (χ1n) is 10.0. The zero-order chi connectivity index (χ0) is 23.8. The Morgan fingerprint density at radius 3 is 2.52 bits per heavy atom. The van der Waals surface area contributed by atoms with E-state index in [0.717, 1.165) is 0 Å². The van der Waals surface area contributed by atoms with E-state index in [2.05, 4.69) is 10.3 Å². The second-order valence-corrected chi connectivity index (χ2v) is 8.41. The molecule has 2 aromatic heterocycles. The number of thiophene rings is 1. The van der Waals surface area contributed by atoms with Gasteiger partial charge < -0.3 is 10.1 Å². The third-order valence-corrected chi connectivity index (χ3v) is 6.27. The summed E-state index contributed by atoms with van der Waals surface area (Å²) in [6.45, 7) is 2.46. The van der Waals surface area contributed by atoms with Crippen molar-refractivity contribution in [1.29, 1.82) is 0 Å². The lowest BCUT2D eigenvalue weighted by atomic mass is 9.78. The zero-order valence-corrected chi connectivity index (χ0v) is 18.5. The molecule has 5 nitrogen and oxygen atoms in total. The first-order chi connectivity index (χ1) is 15.7. The number of ketones is 1. The number of halogens is 3. The highest BCUT2D eigenvalue weighted by atomic mass is 32.1. The van der Waals surface area contributed by atoms with Crippen LogP contribution in [0.15, 0.2) is 76.6 Å². The number of dihydropyridines is 1. The number of hydrogen-bond donors (Lipinski definition) is 1. The molecule has 0 fully saturated rings. The average Bonchev–Trinajstić information content (AvgIpc) is 3.20. The van der Waals surface area contributed by atoms with E-state index in [9.17, 15) is 22.8 Å². The molecule has 9 heteroatoms. The molecule has 1 atom stereocenters. The van der Waals surface area contributed by atoms with Gasteiger partial charge in [0.05, 0.1) is 5.57 Å². The number of nitrogens with zero attached hydrogens (tertiary/aromatic N) is 1. The fraction of sp³-hybridized carbons (Fsp3) is 0.208. The number of alkyl halides is 3.